The van der Waals surface area contributed by atoms with Crippen LogP contribution in [0.1, 0.15) is 44.9 Å². The molecule has 5 nitrogen and oxygen atoms in total. The van der Waals surface area contributed by atoms with Crippen LogP contribution in [0.4, 0.5) is 4.79 Å². The van der Waals surface area contributed by atoms with E-state index >= 15 is 0 Å². The summed E-state index contributed by atoms with van der Waals surface area (Å²) in [4.78, 5) is 13.8. The van der Waals surface area contributed by atoms with Crippen molar-refractivity contribution in [3.8, 4) is 0 Å². The van der Waals surface area contributed by atoms with Crippen LogP contribution in [0.5, 0.6) is 0 Å². The molecule has 2 aromatic rings. The average Bonchev–Trinajstić information content (AvgIpc) is 2.93. The normalized spacial score (nSPS) is 26.3. The summed E-state index contributed by atoms with van der Waals surface area (Å²) in [6, 6.07) is 6.20. The lowest BCUT2D eigenvalue weighted by Gasteiger charge is -2.54. The molecule has 6 heteroatoms. The minimum absolute atomic E-state index is 0.212. The van der Waals surface area contributed by atoms with E-state index in [1.165, 1.54) is 0 Å². The van der Waals surface area contributed by atoms with Crippen molar-refractivity contribution in [2.45, 2.75) is 51.7 Å². The molecule has 1 saturated heterocycles. The maximum atomic E-state index is 12.2. The Morgan fingerprint density at radius 3 is 2.85 bits per heavy atom. The third-order valence-corrected chi connectivity index (χ3v) is 6.32. The van der Waals surface area contributed by atoms with Crippen LogP contribution in [-0.2, 0) is 16.7 Å². The van der Waals surface area contributed by atoms with E-state index in [4.69, 9.17) is 9.15 Å². The van der Waals surface area contributed by atoms with E-state index in [9.17, 15) is 9.90 Å². The summed E-state index contributed by atoms with van der Waals surface area (Å²) in [6.45, 7) is 7.48. The van der Waals surface area contributed by atoms with Crippen molar-refractivity contribution < 1.29 is 19.1 Å². The standard InChI is InChI=1S/C20H24INO4/c1-19(2,3)17-20(8-4-10-25-17)16-14(7-9-22(20)18(23)24)13-6-5-12(21)11-15(13)26-16/h5-6,11,17H,4,7-10H2,1-3H3,(H,23,24). The molecule has 1 fully saturated rings. The van der Waals surface area contributed by atoms with Gasteiger partial charge >= 0.3 is 6.09 Å². The largest absolute Gasteiger partial charge is 0.465 e. The summed E-state index contributed by atoms with van der Waals surface area (Å²) >= 11 is 2.28. The maximum absolute atomic E-state index is 12.2. The lowest BCUT2D eigenvalue weighted by Crippen LogP contribution is -2.64. The highest BCUT2D eigenvalue weighted by Gasteiger charge is 2.58. The van der Waals surface area contributed by atoms with Gasteiger partial charge in [-0.1, -0.05) is 20.8 Å². The number of furan rings is 1. The first-order valence-electron chi connectivity index (χ1n) is 9.09. The number of rotatable bonds is 0. The van der Waals surface area contributed by atoms with Crippen LogP contribution in [0.3, 0.4) is 0 Å². The van der Waals surface area contributed by atoms with Crippen molar-refractivity contribution in [3.63, 3.8) is 0 Å². The van der Waals surface area contributed by atoms with Gasteiger partial charge in [0.1, 0.15) is 16.9 Å². The first kappa shape index (κ1) is 18.1. The van der Waals surface area contributed by atoms with Crippen molar-refractivity contribution in [2.75, 3.05) is 13.2 Å². The lowest BCUT2D eigenvalue weighted by molar-refractivity contribution is -0.160. The Morgan fingerprint density at radius 1 is 1.38 bits per heavy atom. The van der Waals surface area contributed by atoms with Gasteiger partial charge in [0.15, 0.2) is 0 Å². The molecule has 0 saturated carbocycles. The Morgan fingerprint density at radius 2 is 2.15 bits per heavy atom. The molecule has 2 aliphatic heterocycles. The number of ether oxygens (including phenoxy) is 1. The van der Waals surface area contributed by atoms with Gasteiger partial charge in [0.25, 0.3) is 0 Å². The molecule has 2 unspecified atom stereocenters. The molecule has 1 amide bonds. The quantitative estimate of drug-likeness (QED) is 0.552. The Hall–Kier alpha value is -1.28. The van der Waals surface area contributed by atoms with Crippen molar-refractivity contribution in [1.82, 2.24) is 4.90 Å². The summed E-state index contributed by atoms with van der Waals surface area (Å²) in [6.07, 6.45) is 1.08. The van der Waals surface area contributed by atoms with E-state index in [1.54, 1.807) is 4.90 Å². The predicted octanol–water partition coefficient (Wildman–Crippen LogP) is 4.99. The highest BCUT2D eigenvalue weighted by molar-refractivity contribution is 14.1. The van der Waals surface area contributed by atoms with Crippen molar-refractivity contribution in [1.29, 1.82) is 0 Å². The second-order valence-electron chi connectivity index (χ2n) is 8.38. The molecule has 0 bridgehead atoms. The summed E-state index contributed by atoms with van der Waals surface area (Å²) < 4.78 is 13.7. The van der Waals surface area contributed by atoms with Crippen molar-refractivity contribution >= 4 is 39.7 Å². The fraction of sp³-hybridized carbons (Fsp3) is 0.550. The number of hydrogen-bond donors (Lipinski definition) is 1. The molecule has 140 valence electrons. The molecular weight excluding hydrogens is 445 g/mol. The van der Waals surface area contributed by atoms with Gasteiger partial charge in [-0.15, -0.1) is 0 Å². The zero-order valence-electron chi connectivity index (χ0n) is 15.3. The topological polar surface area (TPSA) is 62.9 Å². The first-order valence-corrected chi connectivity index (χ1v) is 10.2. The number of carbonyl (C=O) groups is 1. The van der Waals surface area contributed by atoms with Crippen LogP contribution in [0.15, 0.2) is 22.6 Å². The summed E-state index contributed by atoms with van der Waals surface area (Å²) in [5, 5.41) is 11.1. The third kappa shape index (κ3) is 2.56. The van der Waals surface area contributed by atoms with E-state index in [0.29, 0.717) is 19.6 Å². The van der Waals surface area contributed by atoms with E-state index in [-0.39, 0.29) is 11.5 Å². The number of hydrogen-bond acceptors (Lipinski definition) is 3. The molecule has 2 atom stereocenters. The van der Waals surface area contributed by atoms with Crippen LogP contribution in [-0.4, -0.2) is 35.4 Å². The Balaban J connectivity index is 2.01. The predicted molar refractivity (Wildman–Crippen MR) is 107 cm³/mol. The zero-order valence-corrected chi connectivity index (χ0v) is 17.5. The Bertz CT molecular complexity index is 869. The molecule has 0 aliphatic carbocycles. The fourth-order valence-electron chi connectivity index (χ4n) is 4.82. The van der Waals surface area contributed by atoms with Crippen LogP contribution in [0.2, 0.25) is 0 Å². The van der Waals surface area contributed by atoms with Crippen molar-refractivity contribution in [2.24, 2.45) is 5.41 Å². The number of halogens is 1. The van der Waals surface area contributed by atoms with Crippen LogP contribution >= 0.6 is 22.6 Å². The molecule has 2 aliphatic rings. The number of amides is 1. The maximum Gasteiger partial charge on any atom is 0.408 e. The highest BCUT2D eigenvalue weighted by atomic mass is 127. The minimum atomic E-state index is -0.898. The van der Waals surface area contributed by atoms with Crippen LogP contribution in [0, 0.1) is 8.99 Å². The minimum Gasteiger partial charge on any atom is -0.465 e. The summed E-state index contributed by atoms with van der Waals surface area (Å²) in [7, 11) is 0. The first-order chi connectivity index (χ1) is 12.2. The lowest BCUT2D eigenvalue weighted by atomic mass is 9.68. The molecule has 1 aromatic heterocycles. The van der Waals surface area contributed by atoms with Crippen LogP contribution < -0.4 is 0 Å². The van der Waals surface area contributed by atoms with Crippen molar-refractivity contribution in [3.05, 3.63) is 33.1 Å². The van der Waals surface area contributed by atoms with E-state index in [0.717, 1.165) is 38.7 Å². The smallest absolute Gasteiger partial charge is 0.408 e. The number of carboxylic acid groups (broad SMARTS) is 1. The third-order valence-electron chi connectivity index (χ3n) is 5.65. The van der Waals surface area contributed by atoms with Crippen LogP contribution in [0.25, 0.3) is 11.0 Å². The molecule has 3 heterocycles. The van der Waals surface area contributed by atoms with Gasteiger partial charge in [-0.2, -0.15) is 0 Å². The van der Waals surface area contributed by atoms with Gasteiger partial charge in [0, 0.05) is 27.7 Å². The summed E-state index contributed by atoms with van der Waals surface area (Å²) in [5.41, 5.74) is 1.01. The SMILES string of the molecule is CC(C)(C)C1OCCCC12c1oc3cc(I)ccc3c1CCN2C(=O)O. The van der Waals surface area contributed by atoms with Gasteiger partial charge in [-0.25, -0.2) is 4.79 Å². The molecule has 26 heavy (non-hydrogen) atoms. The second-order valence-corrected chi connectivity index (χ2v) is 9.62. The van der Waals surface area contributed by atoms with Gasteiger partial charge in [-0.05, 0) is 65.5 Å². The van der Waals surface area contributed by atoms with E-state index in [2.05, 4.69) is 55.5 Å². The fourth-order valence-corrected chi connectivity index (χ4v) is 5.28. The van der Waals surface area contributed by atoms with E-state index in [1.807, 2.05) is 6.07 Å². The molecule has 1 aromatic carbocycles. The Labute approximate surface area is 166 Å². The van der Waals surface area contributed by atoms with E-state index < -0.39 is 11.6 Å². The number of fused-ring (bicyclic) bond motifs is 4. The van der Waals surface area contributed by atoms with Gasteiger partial charge in [0.2, 0.25) is 0 Å². The van der Waals surface area contributed by atoms with Gasteiger partial charge < -0.3 is 14.3 Å². The number of nitrogens with zero attached hydrogens (tertiary/aromatic N) is 1. The Kier molecular flexibility index (Phi) is 4.26. The highest BCUT2D eigenvalue weighted by Crippen LogP contribution is 2.52. The average molecular weight is 469 g/mol. The molecular formula is C20H24INO4. The zero-order chi connectivity index (χ0) is 18.7. The second kappa shape index (κ2) is 6.12. The van der Waals surface area contributed by atoms with Gasteiger partial charge in [0.05, 0.1) is 6.10 Å². The monoisotopic (exact) mass is 469 g/mol. The summed E-state index contributed by atoms with van der Waals surface area (Å²) in [5.74, 6) is 0.794. The molecule has 0 radical (unpaired) electrons. The molecule has 4 rings (SSSR count). The molecule has 1 N–H and O–H groups in total. The van der Waals surface area contributed by atoms with Gasteiger partial charge in [-0.3, -0.25) is 4.90 Å². The number of benzene rings is 1. The molecule has 1 spiro atoms.